The van der Waals surface area contributed by atoms with Gasteiger partial charge in [0.25, 0.3) is 0 Å². The minimum atomic E-state index is -0.128. The molecular weight excluding hydrogens is 226 g/mol. The van der Waals surface area contributed by atoms with Gasteiger partial charge in [-0.15, -0.1) is 0 Å². The van der Waals surface area contributed by atoms with Gasteiger partial charge in [-0.2, -0.15) is 0 Å². The molecule has 100 valence electrons. The van der Waals surface area contributed by atoms with Crippen molar-refractivity contribution >= 4 is 11.5 Å². The number of allylic oxidation sites excluding steroid dienone is 2. The Bertz CT molecular complexity index is 432. The third-order valence-electron chi connectivity index (χ3n) is 3.80. The number of aliphatic hydroxyl groups excluding tert-OH is 1. The van der Waals surface area contributed by atoms with Crippen LogP contribution in [0.3, 0.4) is 0 Å². The zero-order valence-electron chi connectivity index (χ0n) is 11.8. The summed E-state index contributed by atoms with van der Waals surface area (Å²) in [7, 11) is 0. The van der Waals surface area contributed by atoms with Crippen LogP contribution in [-0.4, -0.2) is 22.6 Å². The molecule has 1 aliphatic heterocycles. The fraction of sp³-hybridized carbons (Fsp3) is 0.733. The standard InChI is InChI=1S/C15H23NO2/c1-9-5-10(2)16-11(6-9)14-12(17)7-15(3,4)8-13(14)18/h9-10,17H,5-8H2,1-4H3. The van der Waals surface area contributed by atoms with Crippen molar-refractivity contribution in [1.82, 2.24) is 0 Å². The number of hydrogen-bond donors (Lipinski definition) is 1. The first-order chi connectivity index (χ1) is 8.28. The molecule has 2 aliphatic rings. The summed E-state index contributed by atoms with van der Waals surface area (Å²) in [5, 5.41) is 10.2. The van der Waals surface area contributed by atoms with E-state index in [1.165, 1.54) is 0 Å². The van der Waals surface area contributed by atoms with Crippen molar-refractivity contribution in [1.29, 1.82) is 0 Å². The molecular formula is C15H23NO2. The number of ketones is 1. The Balaban J connectivity index is 2.35. The summed E-state index contributed by atoms with van der Waals surface area (Å²) in [6.45, 7) is 8.29. The third-order valence-corrected chi connectivity index (χ3v) is 3.80. The van der Waals surface area contributed by atoms with Gasteiger partial charge in [-0.05, 0) is 31.1 Å². The molecule has 0 saturated carbocycles. The highest BCUT2D eigenvalue weighted by molar-refractivity contribution is 6.23. The van der Waals surface area contributed by atoms with Crippen LogP contribution in [0.1, 0.15) is 53.4 Å². The van der Waals surface area contributed by atoms with Gasteiger partial charge in [0, 0.05) is 24.6 Å². The molecule has 1 N–H and O–H groups in total. The second-order valence-electron chi connectivity index (χ2n) is 6.73. The molecule has 0 fully saturated rings. The number of nitrogens with zero attached hydrogens (tertiary/aromatic N) is 1. The molecule has 2 rings (SSSR count). The molecule has 0 saturated heterocycles. The molecule has 0 aromatic heterocycles. The second kappa shape index (κ2) is 4.52. The molecule has 0 bridgehead atoms. The lowest BCUT2D eigenvalue weighted by molar-refractivity contribution is -0.118. The van der Waals surface area contributed by atoms with E-state index in [4.69, 9.17) is 0 Å². The molecule has 0 spiro atoms. The van der Waals surface area contributed by atoms with E-state index in [1.54, 1.807) is 0 Å². The molecule has 1 aliphatic carbocycles. The topological polar surface area (TPSA) is 49.7 Å². The number of aliphatic imine (C=N–C) groups is 1. The van der Waals surface area contributed by atoms with Crippen LogP contribution in [0, 0.1) is 11.3 Å². The molecule has 2 unspecified atom stereocenters. The van der Waals surface area contributed by atoms with Crippen molar-refractivity contribution in [3.05, 3.63) is 11.3 Å². The molecule has 0 aromatic carbocycles. The summed E-state index contributed by atoms with van der Waals surface area (Å²) in [6, 6.07) is 0.256. The predicted molar refractivity (Wildman–Crippen MR) is 73.0 cm³/mol. The van der Waals surface area contributed by atoms with E-state index in [1.807, 2.05) is 13.8 Å². The molecule has 3 heteroatoms. The lowest BCUT2D eigenvalue weighted by Gasteiger charge is -2.32. The van der Waals surface area contributed by atoms with Gasteiger partial charge < -0.3 is 5.11 Å². The van der Waals surface area contributed by atoms with Crippen LogP contribution in [-0.2, 0) is 4.79 Å². The van der Waals surface area contributed by atoms with Crippen molar-refractivity contribution in [3.63, 3.8) is 0 Å². The number of carbonyl (C=O) groups excluding carboxylic acids is 1. The van der Waals surface area contributed by atoms with Crippen molar-refractivity contribution < 1.29 is 9.90 Å². The summed E-state index contributed by atoms with van der Waals surface area (Å²) >= 11 is 0. The maximum absolute atomic E-state index is 12.2. The second-order valence-corrected chi connectivity index (χ2v) is 6.73. The monoisotopic (exact) mass is 249 g/mol. The molecule has 2 atom stereocenters. The van der Waals surface area contributed by atoms with Gasteiger partial charge in [-0.1, -0.05) is 20.8 Å². The zero-order chi connectivity index (χ0) is 13.5. The molecule has 0 aromatic rings. The Morgan fingerprint density at radius 1 is 1.28 bits per heavy atom. The first kappa shape index (κ1) is 13.3. The van der Waals surface area contributed by atoms with Crippen molar-refractivity contribution in [2.24, 2.45) is 16.3 Å². The highest BCUT2D eigenvalue weighted by Gasteiger charge is 2.36. The van der Waals surface area contributed by atoms with E-state index >= 15 is 0 Å². The Labute approximate surface area is 109 Å². The van der Waals surface area contributed by atoms with E-state index < -0.39 is 0 Å². The van der Waals surface area contributed by atoms with Crippen LogP contribution in [0.2, 0.25) is 0 Å². The van der Waals surface area contributed by atoms with Gasteiger partial charge >= 0.3 is 0 Å². The Morgan fingerprint density at radius 2 is 1.94 bits per heavy atom. The lowest BCUT2D eigenvalue weighted by atomic mass is 9.74. The average Bonchev–Trinajstić information content (AvgIpc) is 2.11. The summed E-state index contributed by atoms with van der Waals surface area (Å²) < 4.78 is 0. The van der Waals surface area contributed by atoms with Gasteiger partial charge in [0.2, 0.25) is 0 Å². The normalized spacial score (nSPS) is 32.4. The van der Waals surface area contributed by atoms with Gasteiger partial charge in [0.05, 0.1) is 5.57 Å². The predicted octanol–water partition coefficient (Wildman–Crippen LogP) is 3.45. The van der Waals surface area contributed by atoms with Crippen LogP contribution >= 0.6 is 0 Å². The number of rotatable bonds is 1. The molecule has 0 radical (unpaired) electrons. The van der Waals surface area contributed by atoms with E-state index in [0.29, 0.717) is 24.3 Å². The van der Waals surface area contributed by atoms with Gasteiger partial charge in [-0.3, -0.25) is 9.79 Å². The third kappa shape index (κ3) is 2.65. The maximum atomic E-state index is 12.2. The van der Waals surface area contributed by atoms with E-state index in [2.05, 4.69) is 18.8 Å². The van der Waals surface area contributed by atoms with E-state index in [9.17, 15) is 9.90 Å². The highest BCUT2D eigenvalue weighted by Crippen LogP contribution is 2.37. The van der Waals surface area contributed by atoms with Crippen molar-refractivity contribution in [3.8, 4) is 0 Å². The van der Waals surface area contributed by atoms with Gasteiger partial charge in [0.15, 0.2) is 5.78 Å². The van der Waals surface area contributed by atoms with E-state index in [-0.39, 0.29) is 23.0 Å². The summed E-state index contributed by atoms with van der Waals surface area (Å²) in [4.78, 5) is 16.8. The first-order valence-electron chi connectivity index (χ1n) is 6.81. The Kier molecular flexibility index (Phi) is 3.35. The zero-order valence-corrected chi connectivity index (χ0v) is 11.8. The lowest BCUT2D eigenvalue weighted by Crippen LogP contribution is -2.32. The highest BCUT2D eigenvalue weighted by atomic mass is 16.3. The number of Topliss-reactive ketones (excluding diaryl/α,β-unsaturated/α-hetero) is 1. The SMILES string of the molecule is CC1CC(C2=C(O)CC(C)(C)CC2=O)=NC(C)C1. The van der Waals surface area contributed by atoms with Crippen LogP contribution < -0.4 is 0 Å². The molecule has 3 nitrogen and oxygen atoms in total. The van der Waals surface area contributed by atoms with Gasteiger partial charge in [0.1, 0.15) is 5.76 Å². The average molecular weight is 249 g/mol. The largest absolute Gasteiger partial charge is 0.511 e. The fourth-order valence-electron chi connectivity index (χ4n) is 3.15. The number of carbonyl (C=O) groups is 1. The first-order valence-corrected chi connectivity index (χ1v) is 6.81. The Hall–Kier alpha value is -1.12. The minimum Gasteiger partial charge on any atom is -0.511 e. The molecule has 0 amide bonds. The van der Waals surface area contributed by atoms with Gasteiger partial charge in [-0.25, -0.2) is 0 Å². The fourth-order valence-corrected chi connectivity index (χ4v) is 3.15. The maximum Gasteiger partial charge on any atom is 0.168 e. The summed E-state index contributed by atoms with van der Waals surface area (Å²) in [6.07, 6.45) is 2.97. The minimum absolute atomic E-state index is 0.0591. The molecule has 1 heterocycles. The number of hydrogen-bond acceptors (Lipinski definition) is 3. The Morgan fingerprint density at radius 3 is 2.50 bits per heavy atom. The van der Waals surface area contributed by atoms with Crippen molar-refractivity contribution in [2.45, 2.75) is 59.4 Å². The molecule has 18 heavy (non-hydrogen) atoms. The number of aliphatic hydroxyl groups is 1. The van der Waals surface area contributed by atoms with Crippen LogP contribution in [0.5, 0.6) is 0 Å². The van der Waals surface area contributed by atoms with E-state index in [0.717, 1.165) is 18.6 Å². The summed E-state index contributed by atoms with van der Waals surface area (Å²) in [5.74, 6) is 0.843. The van der Waals surface area contributed by atoms with Crippen LogP contribution in [0.25, 0.3) is 0 Å². The smallest absolute Gasteiger partial charge is 0.168 e. The summed E-state index contributed by atoms with van der Waals surface area (Å²) in [5.41, 5.74) is 1.23. The van der Waals surface area contributed by atoms with Crippen molar-refractivity contribution in [2.75, 3.05) is 0 Å². The quantitative estimate of drug-likeness (QED) is 0.773. The van der Waals surface area contributed by atoms with Crippen LogP contribution in [0.15, 0.2) is 16.3 Å². The van der Waals surface area contributed by atoms with Crippen LogP contribution in [0.4, 0.5) is 0 Å².